The van der Waals surface area contributed by atoms with Crippen LogP contribution >= 0.6 is 11.3 Å². The summed E-state index contributed by atoms with van der Waals surface area (Å²) in [6, 6.07) is -0.258. The topological polar surface area (TPSA) is 101 Å². The molecule has 1 aromatic rings. The van der Waals surface area contributed by atoms with Gasteiger partial charge in [0.25, 0.3) is 0 Å². The van der Waals surface area contributed by atoms with E-state index < -0.39 is 5.97 Å². The molecule has 0 radical (unpaired) electrons. The number of carbonyl (C=O) groups excluding carboxylic acids is 1. The number of urea groups is 1. The molecule has 8 heteroatoms. The molecule has 0 aromatic carbocycles. The number of nitrogens with one attached hydrogen (secondary N) is 2. The van der Waals surface area contributed by atoms with Crippen LogP contribution in [0, 0.1) is 12.8 Å². The number of aromatic carboxylic acids is 1. The van der Waals surface area contributed by atoms with E-state index in [-0.39, 0.29) is 17.5 Å². The van der Waals surface area contributed by atoms with Crippen molar-refractivity contribution < 1.29 is 19.4 Å². The van der Waals surface area contributed by atoms with Crippen molar-refractivity contribution in [3.05, 3.63) is 15.6 Å². The predicted octanol–water partition coefficient (Wildman–Crippen LogP) is 1.38. The van der Waals surface area contributed by atoms with Gasteiger partial charge in [-0.3, -0.25) is 0 Å². The fraction of sp³-hybridized carbons (Fsp3) is 0.615. The molecule has 0 bridgehead atoms. The minimum atomic E-state index is -0.986. The molecular weight excluding hydrogens is 294 g/mol. The van der Waals surface area contributed by atoms with Gasteiger partial charge in [0.1, 0.15) is 9.88 Å². The van der Waals surface area contributed by atoms with E-state index in [1.807, 2.05) is 0 Å². The van der Waals surface area contributed by atoms with Crippen LogP contribution < -0.4 is 10.6 Å². The van der Waals surface area contributed by atoms with E-state index in [2.05, 4.69) is 15.6 Å². The largest absolute Gasteiger partial charge is 0.477 e. The number of hydrogen-bond acceptors (Lipinski definition) is 5. The number of carboxylic acids is 1. The van der Waals surface area contributed by atoms with Gasteiger partial charge in [-0.1, -0.05) is 0 Å². The van der Waals surface area contributed by atoms with Crippen LogP contribution in [0.5, 0.6) is 0 Å². The number of rotatable bonds is 5. The van der Waals surface area contributed by atoms with E-state index in [0.29, 0.717) is 23.2 Å². The lowest BCUT2D eigenvalue weighted by atomic mass is 10.0. The Kier molecular flexibility index (Phi) is 5.51. The third-order valence-electron chi connectivity index (χ3n) is 3.33. The molecule has 2 amide bonds. The van der Waals surface area contributed by atoms with Gasteiger partial charge < -0.3 is 20.5 Å². The Morgan fingerprint density at radius 1 is 1.38 bits per heavy atom. The molecule has 0 saturated carbocycles. The zero-order valence-electron chi connectivity index (χ0n) is 11.8. The summed E-state index contributed by atoms with van der Waals surface area (Å²) in [4.78, 5) is 27.0. The molecular formula is C13H19N3O4S. The third-order valence-corrected chi connectivity index (χ3v) is 4.47. The highest BCUT2D eigenvalue weighted by Gasteiger charge is 2.16. The highest BCUT2D eigenvalue weighted by Crippen LogP contribution is 2.17. The Balaban J connectivity index is 1.73. The van der Waals surface area contributed by atoms with Gasteiger partial charge in [0.05, 0.1) is 12.2 Å². The minimum Gasteiger partial charge on any atom is -0.477 e. The minimum absolute atomic E-state index is 0.217. The lowest BCUT2D eigenvalue weighted by Crippen LogP contribution is -2.39. The van der Waals surface area contributed by atoms with E-state index in [0.717, 1.165) is 37.4 Å². The van der Waals surface area contributed by atoms with E-state index >= 15 is 0 Å². The first-order chi connectivity index (χ1) is 10.1. The maximum Gasteiger partial charge on any atom is 0.347 e. The maximum absolute atomic E-state index is 11.7. The second kappa shape index (κ2) is 7.37. The Labute approximate surface area is 126 Å². The number of amides is 2. The van der Waals surface area contributed by atoms with Crippen LogP contribution in [-0.4, -0.2) is 41.8 Å². The maximum atomic E-state index is 11.7. The quantitative estimate of drug-likeness (QED) is 0.762. The molecule has 0 unspecified atom stereocenters. The van der Waals surface area contributed by atoms with Crippen molar-refractivity contribution in [3.8, 4) is 0 Å². The molecule has 3 N–H and O–H groups in total. The summed E-state index contributed by atoms with van der Waals surface area (Å²) in [5, 5.41) is 15.0. The summed E-state index contributed by atoms with van der Waals surface area (Å²) in [6.45, 7) is 4.02. The SMILES string of the molecule is Cc1nc(CNC(=O)NCC2CCOCC2)sc1C(=O)O. The summed E-state index contributed by atoms with van der Waals surface area (Å²) in [5.41, 5.74) is 0.479. The molecule has 1 aliphatic heterocycles. The van der Waals surface area contributed by atoms with Crippen LogP contribution in [0.25, 0.3) is 0 Å². The van der Waals surface area contributed by atoms with Crippen LogP contribution in [0.2, 0.25) is 0 Å². The van der Waals surface area contributed by atoms with E-state index in [9.17, 15) is 9.59 Å². The fourth-order valence-electron chi connectivity index (χ4n) is 2.13. The predicted molar refractivity (Wildman–Crippen MR) is 77.6 cm³/mol. The summed E-state index contributed by atoms with van der Waals surface area (Å²) < 4.78 is 5.26. The molecule has 1 aromatic heterocycles. The number of carboxylic acid groups (broad SMARTS) is 1. The average molecular weight is 313 g/mol. The number of nitrogens with zero attached hydrogens (tertiary/aromatic N) is 1. The lowest BCUT2D eigenvalue weighted by molar-refractivity contribution is 0.0669. The van der Waals surface area contributed by atoms with Crippen LogP contribution in [-0.2, 0) is 11.3 Å². The van der Waals surface area contributed by atoms with Crippen molar-refractivity contribution >= 4 is 23.3 Å². The summed E-state index contributed by atoms with van der Waals surface area (Å²) in [5.74, 6) is -0.523. The van der Waals surface area contributed by atoms with Crippen LogP contribution in [0.15, 0.2) is 0 Å². The van der Waals surface area contributed by atoms with E-state index in [1.165, 1.54) is 0 Å². The van der Waals surface area contributed by atoms with Crippen molar-refractivity contribution in [2.24, 2.45) is 5.92 Å². The number of thiazole rings is 1. The Morgan fingerprint density at radius 3 is 2.71 bits per heavy atom. The van der Waals surface area contributed by atoms with Gasteiger partial charge in [0.15, 0.2) is 0 Å². The van der Waals surface area contributed by atoms with Crippen molar-refractivity contribution in [2.75, 3.05) is 19.8 Å². The number of hydrogen-bond donors (Lipinski definition) is 3. The number of carbonyl (C=O) groups is 2. The third kappa shape index (κ3) is 4.68. The molecule has 7 nitrogen and oxygen atoms in total. The zero-order valence-corrected chi connectivity index (χ0v) is 12.7. The molecule has 0 atom stereocenters. The monoisotopic (exact) mass is 313 g/mol. The number of aryl methyl sites for hydroxylation is 1. The average Bonchev–Trinajstić information content (AvgIpc) is 2.85. The number of aromatic nitrogens is 1. The Hall–Kier alpha value is -1.67. The first-order valence-electron chi connectivity index (χ1n) is 6.85. The Bertz CT molecular complexity index is 512. The van der Waals surface area contributed by atoms with Crippen LogP contribution in [0.4, 0.5) is 4.79 Å². The summed E-state index contributed by atoms with van der Waals surface area (Å²) in [7, 11) is 0. The molecule has 0 aliphatic carbocycles. The van der Waals surface area contributed by atoms with Crippen molar-refractivity contribution in [1.29, 1.82) is 0 Å². The molecule has 2 heterocycles. The first-order valence-corrected chi connectivity index (χ1v) is 7.67. The van der Waals surface area contributed by atoms with Gasteiger partial charge in [0.2, 0.25) is 0 Å². The fourth-order valence-corrected chi connectivity index (χ4v) is 2.98. The van der Waals surface area contributed by atoms with Gasteiger partial charge in [-0.05, 0) is 25.7 Å². The van der Waals surface area contributed by atoms with E-state index in [4.69, 9.17) is 9.84 Å². The van der Waals surface area contributed by atoms with Gasteiger partial charge in [0, 0.05) is 19.8 Å². The second-order valence-corrected chi connectivity index (χ2v) is 6.03. The molecule has 1 saturated heterocycles. The highest BCUT2D eigenvalue weighted by atomic mass is 32.1. The molecule has 1 aliphatic rings. The standard InChI is InChI=1S/C13H19N3O4S/c1-8-11(12(17)18)21-10(16-8)7-15-13(19)14-6-9-2-4-20-5-3-9/h9H,2-7H2,1H3,(H,17,18)(H2,14,15,19). The van der Waals surface area contributed by atoms with Gasteiger partial charge in [-0.15, -0.1) is 11.3 Å². The molecule has 116 valence electrons. The van der Waals surface area contributed by atoms with Gasteiger partial charge in [-0.25, -0.2) is 14.6 Å². The summed E-state index contributed by atoms with van der Waals surface area (Å²) in [6.07, 6.45) is 1.93. The number of ether oxygens (including phenoxy) is 1. The van der Waals surface area contributed by atoms with E-state index in [1.54, 1.807) is 6.92 Å². The zero-order chi connectivity index (χ0) is 15.2. The van der Waals surface area contributed by atoms with Crippen molar-refractivity contribution in [2.45, 2.75) is 26.3 Å². The second-order valence-electron chi connectivity index (χ2n) is 4.95. The Morgan fingerprint density at radius 2 is 2.10 bits per heavy atom. The van der Waals surface area contributed by atoms with Crippen molar-refractivity contribution in [3.63, 3.8) is 0 Å². The van der Waals surface area contributed by atoms with Gasteiger partial charge in [-0.2, -0.15) is 0 Å². The van der Waals surface area contributed by atoms with Crippen LogP contribution in [0.3, 0.4) is 0 Å². The summed E-state index contributed by atoms with van der Waals surface area (Å²) >= 11 is 1.09. The molecule has 21 heavy (non-hydrogen) atoms. The molecule has 0 spiro atoms. The highest BCUT2D eigenvalue weighted by molar-refractivity contribution is 7.13. The first kappa shape index (κ1) is 15.7. The molecule has 2 rings (SSSR count). The van der Waals surface area contributed by atoms with Gasteiger partial charge >= 0.3 is 12.0 Å². The lowest BCUT2D eigenvalue weighted by Gasteiger charge is -2.22. The van der Waals surface area contributed by atoms with Crippen molar-refractivity contribution in [1.82, 2.24) is 15.6 Å². The normalized spacial score (nSPS) is 15.7. The van der Waals surface area contributed by atoms with Crippen LogP contribution in [0.1, 0.15) is 33.2 Å². The smallest absolute Gasteiger partial charge is 0.347 e. The molecule has 1 fully saturated rings.